The van der Waals surface area contributed by atoms with Crippen molar-refractivity contribution < 1.29 is 9.47 Å². The Kier molecular flexibility index (Phi) is 7.63. The number of ether oxygens (including phenoxy) is 2. The van der Waals surface area contributed by atoms with Crippen LogP contribution in [0.3, 0.4) is 0 Å². The molecule has 1 aliphatic heterocycles. The van der Waals surface area contributed by atoms with Crippen molar-refractivity contribution in [3.63, 3.8) is 0 Å². The number of aliphatic imine (C=N–C) groups is 1. The van der Waals surface area contributed by atoms with Gasteiger partial charge < -0.3 is 20.1 Å². The zero-order valence-corrected chi connectivity index (χ0v) is 13.9. The second-order valence-electron chi connectivity index (χ2n) is 5.53. The van der Waals surface area contributed by atoms with Crippen molar-refractivity contribution in [3.8, 4) is 0 Å². The van der Waals surface area contributed by atoms with Gasteiger partial charge >= 0.3 is 0 Å². The normalized spacial score (nSPS) is 16.1. The third kappa shape index (κ3) is 6.42. The first kappa shape index (κ1) is 17.5. The van der Waals surface area contributed by atoms with Crippen LogP contribution in [0, 0.1) is 0 Å². The van der Waals surface area contributed by atoms with Crippen LogP contribution >= 0.6 is 0 Å². The Labute approximate surface area is 138 Å². The first-order chi connectivity index (χ1) is 11.3. The van der Waals surface area contributed by atoms with Crippen LogP contribution in [0.1, 0.15) is 24.0 Å². The van der Waals surface area contributed by atoms with Crippen molar-refractivity contribution >= 4 is 5.96 Å². The average Bonchev–Trinajstić information content (AvgIpc) is 2.62. The average molecular weight is 317 g/mol. The van der Waals surface area contributed by atoms with E-state index in [1.54, 1.807) is 13.1 Å². The maximum absolute atomic E-state index is 5.93. The lowest BCUT2D eigenvalue weighted by atomic mass is 10.1. The maximum atomic E-state index is 5.93. The summed E-state index contributed by atoms with van der Waals surface area (Å²) in [7, 11) is 1.76. The highest BCUT2D eigenvalue weighted by Crippen LogP contribution is 2.14. The molecule has 0 radical (unpaired) electrons. The minimum absolute atomic E-state index is 0.337. The van der Waals surface area contributed by atoms with Gasteiger partial charge in [0.25, 0.3) is 0 Å². The SMILES string of the molecule is C=CCNC(=NC)NCc1ccc(COC2CCOCC2)cc1. The number of guanidine groups is 1. The summed E-state index contributed by atoms with van der Waals surface area (Å²) >= 11 is 0. The lowest BCUT2D eigenvalue weighted by Crippen LogP contribution is -2.36. The molecule has 2 rings (SSSR count). The molecule has 1 saturated heterocycles. The molecule has 1 fully saturated rings. The first-order valence-corrected chi connectivity index (χ1v) is 8.14. The molecular formula is C18H27N3O2. The zero-order valence-electron chi connectivity index (χ0n) is 13.9. The predicted molar refractivity (Wildman–Crippen MR) is 93.5 cm³/mol. The summed E-state index contributed by atoms with van der Waals surface area (Å²) in [5.41, 5.74) is 2.41. The molecule has 0 aromatic heterocycles. The van der Waals surface area contributed by atoms with E-state index in [1.165, 1.54) is 11.1 Å². The molecule has 0 saturated carbocycles. The van der Waals surface area contributed by atoms with E-state index < -0.39 is 0 Å². The molecule has 2 N–H and O–H groups in total. The molecule has 1 heterocycles. The Morgan fingerprint density at radius 2 is 1.96 bits per heavy atom. The van der Waals surface area contributed by atoms with E-state index in [0.717, 1.165) is 38.6 Å². The third-order valence-corrected chi connectivity index (χ3v) is 3.77. The van der Waals surface area contributed by atoms with Gasteiger partial charge in [0.2, 0.25) is 0 Å². The van der Waals surface area contributed by atoms with Crippen LogP contribution in [0.25, 0.3) is 0 Å². The van der Waals surface area contributed by atoms with E-state index >= 15 is 0 Å². The van der Waals surface area contributed by atoms with Crippen LogP contribution in [0.4, 0.5) is 0 Å². The molecule has 1 aliphatic rings. The number of nitrogens with zero attached hydrogens (tertiary/aromatic N) is 1. The highest BCUT2D eigenvalue weighted by atomic mass is 16.5. The van der Waals surface area contributed by atoms with Gasteiger partial charge in [-0.15, -0.1) is 6.58 Å². The second kappa shape index (κ2) is 10.0. The molecule has 5 nitrogen and oxygen atoms in total. The fourth-order valence-corrected chi connectivity index (χ4v) is 2.39. The molecule has 126 valence electrons. The fourth-order valence-electron chi connectivity index (χ4n) is 2.39. The molecule has 0 aliphatic carbocycles. The summed E-state index contributed by atoms with van der Waals surface area (Å²) in [5.74, 6) is 0.775. The van der Waals surface area contributed by atoms with Crippen LogP contribution < -0.4 is 10.6 Å². The van der Waals surface area contributed by atoms with Crippen LogP contribution in [-0.2, 0) is 22.6 Å². The monoisotopic (exact) mass is 317 g/mol. The summed E-state index contributed by atoms with van der Waals surface area (Å²) in [5, 5.41) is 6.42. The summed E-state index contributed by atoms with van der Waals surface area (Å²) < 4.78 is 11.3. The molecule has 1 aromatic carbocycles. The first-order valence-electron chi connectivity index (χ1n) is 8.14. The van der Waals surface area contributed by atoms with Crippen molar-refractivity contribution in [2.24, 2.45) is 4.99 Å². The van der Waals surface area contributed by atoms with Gasteiger partial charge in [-0.2, -0.15) is 0 Å². The minimum atomic E-state index is 0.337. The Bertz CT molecular complexity index is 493. The largest absolute Gasteiger partial charge is 0.381 e. The molecule has 1 aromatic rings. The van der Waals surface area contributed by atoms with Crippen molar-refractivity contribution in [2.45, 2.75) is 32.1 Å². The van der Waals surface area contributed by atoms with Gasteiger partial charge in [-0.05, 0) is 24.0 Å². The Hall–Kier alpha value is -1.85. The summed E-state index contributed by atoms with van der Waals surface area (Å²) in [6.45, 7) is 7.41. The minimum Gasteiger partial charge on any atom is -0.381 e. The predicted octanol–water partition coefficient (Wildman–Crippen LogP) is 2.23. The van der Waals surface area contributed by atoms with Crippen LogP contribution in [0.5, 0.6) is 0 Å². The second-order valence-corrected chi connectivity index (χ2v) is 5.53. The summed E-state index contributed by atoms with van der Waals surface area (Å²) in [6.07, 6.45) is 4.14. The summed E-state index contributed by atoms with van der Waals surface area (Å²) in [4.78, 5) is 4.16. The number of benzene rings is 1. The van der Waals surface area contributed by atoms with Gasteiger partial charge in [0.05, 0.1) is 12.7 Å². The highest BCUT2D eigenvalue weighted by Gasteiger charge is 2.13. The number of hydrogen-bond acceptors (Lipinski definition) is 3. The van der Waals surface area contributed by atoms with Crippen molar-refractivity contribution in [2.75, 3.05) is 26.8 Å². The lowest BCUT2D eigenvalue weighted by Gasteiger charge is -2.22. The van der Waals surface area contributed by atoms with Gasteiger partial charge in [0.15, 0.2) is 5.96 Å². The Morgan fingerprint density at radius 3 is 2.61 bits per heavy atom. The summed E-state index contributed by atoms with van der Waals surface area (Å²) in [6, 6.07) is 8.49. The van der Waals surface area contributed by atoms with Crippen LogP contribution in [-0.4, -0.2) is 38.9 Å². The number of nitrogens with one attached hydrogen (secondary N) is 2. The molecular weight excluding hydrogens is 290 g/mol. The molecule has 0 amide bonds. The standard InChI is InChI=1S/C18H27N3O2/c1-3-10-20-18(19-2)21-13-15-4-6-16(7-5-15)14-23-17-8-11-22-12-9-17/h3-7,17H,1,8-14H2,2H3,(H2,19,20,21). The van der Waals surface area contributed by atoms with Gasteiger partial charge in [0, 0.05) is 33.4 Å². The van der Waals surface area contributed by atoms with Crippen molar-refractivity contribution in [1.82, 2.24) is 10.6 Å². The topological polar surface area (TPSA) is 54.9 Å². The lowest BCUT2D eigenvalue weighted by molar-refractivity contribution is -0.0390. The zero-order chi connectivity index (χ0) is 16.3. The van der Waals surface area contributed by atoms with Gasteiger partial charge in [0.1, 0.15) is 0 Å². The van der Waals surface area contributed by atoms with E-state index in [4.69, 9.17) is 9.47 Å². The molecule has 23 heavy (non-hydrogen) atoms. The van der Waals surface area contributed by atoms with E-state index in [0.29, 0.717) is 19.3 Å². The molecule has 0 atom stereocenters. The third-order valence-electron chi connectivity index (χ3n) is 3.77. The van der Waals surface area contributed by atoms with E-state index in [-0.39, 0.29) is 0 Å². The highest BCUT2D eigenvalue weighted by molar-refractivity contribution is 5.79. The van der Waals surface area contributed by atoms with E-state index in [9.17, 15) is 0 Å². The molecule has 0 bridgehead atoms. The number of rotatable bonds is 7. The van der Waals surface area contributed by atoms with Gasteiger partial charge in [-0.1, -0.05) is 30.3 Å². The van der Waals surface area contributed by atoms with Gasteiger partial charge in [-0.25, -0.2) is 0 Å². The van der Waals surface area contributed by atoms with E-state index in [2.05, 4.69) is 46.5 Å². The van der Waals surface area contributed by atoms with Crippen LogP contribution in [0.2, 0.25) is 0 Å². The van der Waals surface area contributed by atoms with Crippen molar-refractivity contribution in [1.29, 1.82) is 0 Å². The van der Waals surface area contributed by atoms with Gasteiger partial charge in [-0.3, -0.25) is 4.99 Å². The Balaban J connectivity index is 1.74. The quantitative estimate of drug-likeness (QED) is 0.460. The van der Waals surface area contributed by atoms with Crippen molar-refractivity contribution in [3.05, 3.63) is 48.0 Å². The smallest absolute Gasteiger partial charge is 0.191 e. The fraction of sp³-hybridized carbons (Fsp3) is 0.500. The maximum Gasteiger partial charge on any atom is 0.191 e. The number of hydrogen-bond donors (Lipinski definition) is 2. The van der Waals surface area contributed by atoms with E-state index in [1.807, 2.05) is 0 Å². The molecule has 0 spiro atoms. The molecule has 0 unspecified atom stereocenters. The Morgan fingerprint density at radius 1 is 1.26 bits per heavy atom. The molecule has 5 heteroatoms. The van der Waals surface area contributed by atoms with Crippen LogP contribution in [0.15, 0.2) is 41.9 Å².